The molecule has 0 spiro atoms. The maximum absolute atomic E-state index is 3.91. The predicted octanol–water partition coefficient (Wildman–Crippen LogP) is 5.70. The lowest BCUT2D eigenvalue weighted by molar-refractivity contribution is -0.352. The zero-order chi connectivity index (χ0) is 18.5. The normalized spacial score (nSPS) is 13.9. The Balaban J connectivity index is 1.73. The first kappa shape index (κ1) is 15.8. The fourth-order valence-corrected chi connectivity index (χ4v) is 5.10. The van der Waals surface area contributed by atoms with Crippen molar-refractivity contribution in [3.63, 3.8) is 0 Å². The molecule has 134 valence electrons. The van der Waals surface area contributed by atoms with Gasteiger partial charge < -0.3 is 0 Å². The summed E-state index contributed by atoms with van der Waals surface area (Å²) in [6.45, 7) is 0. The summed E-state index contributed by atoms with van der Waals surface area (Å²) in [4.78, 5) is 3.91. The number of pyridine rings is 1. The van der Waals surface area contributed by atoms with E-state index >= 15 is 0 Å². The molecule has 0 unspecified atom stereocenters. The summed E-state index contributed by atoms with van der Waals surface area (Å²) in [5.41, 5.74) is 14.1. The lowest BCUT2D eigenvalue weighted by Gasteiger charge is -2.25. The minimum atomic E-state index is 1.10. The van der Waals surface area contributed by atoms with Gasteiger partial charge in [-0.2, -0.15) is 0 Å². The van der Waals surface area contributed by atoms with Crippen LogP contribution in [0.5, 0.6) is 0 Å². The Morgan fingerprint density at radius 3 is 1.57 bits per heavy atom. The fraction of sp³-hybridized carbons (Fsp3) is 0.148. The van der Waals surface area contributed by atoms with Gasteiger partial charge in [-0.3, -0.25) is 0 Å². The molecular weight excluding hydrogens is 338 g/mol. The SMILES string of the molecule is c1ccc(-c2c3c([nH+]c4c2CCc2ccccc2-4)-c2ccccc2CC3)cc1. The molecule has 2 aliphatic carbocycles. The topological polar surface area (TPSA) is 14.1 Å². The highest BCUT2D eigenvalue weighted by Crippen LogP contribution is 2.43. The van der Waals surface area contributed by atoms with Crippen LogP contribution in [0, 0.1) is 0 Å². The summed E-state index contributed by atoms with van der Waals surface area (Å²) in [5, 5.41) is 0. The van der Waals surface area contributed by atoms with E-state index in [-0.39, 0.29) is 0 Å². The van der Waals surface area contributed by atoms with Gasteiger partial charge in [-0.25, -0.2) is 4.98 Å². The summed E-state index contributed by atoms with van der Waals surface area (Å²) in [6, 6.07) is 28.8. The van der Waals surface area contributed by atoms with Crippen LogP contribution >= 0.6 is 0 Å². The minimum absolute atomic E-state index is 1.10. The van der Waals surface area contributed by atoms with Crippen LogP contribution < -0.4 is 4.98 Å². The molecule has 4 aromatic rings. The Kier molecular flexibility index (Phi) is 3.49. The van der Waals surface area contributed by atoms with E-state index in [0.29, 0.717) is 0 Å². The first-order chi connectivity index (χ1) is 13.9. The van der Waals surface area contributed by atoms with Gasteiger partial charge in [0.05, 0.1) is 0 Å². The van der Waals surface area contributed by atoms with Crippen molar-refractivity contribution in [2.45, 2.75) is 25.7 Å². The summed E-state index contributed by atoms with van der Waals surface area (Å²) < 4.78 is 0. The zero-order valence-electron chi connectivity index (χ0n) is 15.8. The molecule has 1 nitrogen and oxygen atoms in total. The minimum Gasteiger partial charge on any atom is -0.204 e. The summed E-state index contributed by atoms with van der Waals surface area (Å²) in [6.07, 6.45) is 4.43. The molecule has 2 aliphatic rings. The number of rotatable bonds is 1. The number of aryl methyl sites for hydroxylation is 2. The molecule has 28 heavy (non-hydrogen) atoms. The predicted molar refractivity (Wildman–Crippen MR) is 114 cm³/mol. The van der Waals surface area contributed by atoms with Gasteiger partial charge >= 0.3 is 0 Å². The molecule has 3 aromatic carbocycles. The van der Waals surface area contributed by atoms with Crippen LogP contribution in [0.1, 0.15) is 22.3 Å². The second-order valence-corrected chi connectivity index (χ2v) is 7.89. The first-order valence-electron chi connectivity index (χ1n) is 10.2. The van der Waals surface area contributed by atoms with Crippen molar-refractivity contribution >= 4 is 0 Å². The molecule has 1 heterocycles. The average molecular weight is 360 g/mol. The Bertz CT molecular complexity index is 1130. The van der Waals surface area contributed by atoms with Crippen molar-refractivity contribution in [2.75, 3.05) is 0 Å². The molecule has 1 heteroatoms. The molecule has 6 rings (SSSR count). The number of aromatic amines is 1. The number of hydrogen-bond acceptors (Lipinski definition) is 0. The van der Waals surface area contributed by atoms with Crippen LogP contribution in [0.25, 0.3) is 33.6 Å². The third-order valence-electron chi connectivity index (χ3n) is 6.38. The Hall–Kier alpha value is -3.19. The lowest BCUT2D eigenvalue weighted by atomic mass is 9.78. The van der Waals surface area contributed by atoms with Crippen molar-refractivity contribution in [3.8, 4) is 33.6 Å². The van der Waals surface area contributed by atoms with Crippen molar-refractivity contribution in [1.29, 1.82) is 0 Å². The van der Waals surface area contributed by atoms with E-state index in [1.807, 2.05) is 0 Å². The van der Waals surface area contributed by atoms with Gasteiger partial charge in [0.1, 0.15) is 0 Å². The average Bonchev–Trinajstić information content (AvgIpc) is 2.78. The number of hydrogen-bond donors (Lipinski definition) is 0. The fourth-order valence-electron chi connectivity index (χ4n) is 5.10. The van der Waals surface area contributed by atoms with Gasteiger partial charge in [-0.1, -0.05) is 66.7 Å². The van der Waals surface area contributed by atoms with Crippen LogP contribution in [0.3, 0.4) is 0 Å². The van der Waals surface area contributed by atoms with Gasteiger partial charge in [-0.05, 0) is 54.5 Å². The quantitative estimate of drug-likeness (QED) is 0.413. The molecule has 0 fully saturated rings. The first-order valence-corrected chi connectivity index (χ1v) is 10.2. The smallest absolute Gasteiger partial charge is 0.204 e. The number of fused-ring (bicyclic) bond motifs is 6. The zero-order valence-corrected chi connectivity index (χ0v) is 15.8. The molecule has 1 N–H and O–H groups in total. The van der Waals surface area contributed by atoms with E-state index in [0.717, 1.165) is 25.7 Å². The molecule has 0 atom stereocenters. The molecule has 0 radical (unpaired) electrons. The van der Waals surface area contributed by atoms with Crippen molar-refractivity contribution in [2.24, 2.45) is 0 Å². The van der Waals surface area contributed by atoms with E-state index in [2.05, 4.69) is 83.8 Å². The third-order valence-corrected chi connectivity index (χ3v) is 6.38. The van der Waals surface area contributed by atoms with Crippen LogP contribution in [-0.4, -0.2) is 0 Å². The van der Waals surface area contributed by atoms with Gasteiger partial charge in [-0.15, -0.1) is 0 Å². The summed E-state index contributed by atoms with van der Waals surface area (Å²) in [7, 11) is 0. The second kappa shape index (κ2) is 6.17. The standard InChI is InChI=1S/C27H21N/c1-2-10-20(11-3-1)25-23-16-14-18-8-4-6-12-21(18)26(23)28-27-22-13-7-5-9-19(22)15-17-24(25)27/h1-13H,14-17H2/p+1. The molecule has 0 saturated heterocycles. The van der Waals surface area contributed by atoms with E-state index in [1.165, 1.54) is 55.9 Å². The molecular formula is C27H22N+. The molecule has 1 aromatic heterocycles. The monoisotopic (exact) mass is 360 g/mol. The molecule has 0 aliphatic heterocycles. The highest BCUT2D eigenvalue weighted by molar-refractivity contribution is 5.85. The number of H-pyrrole nitrogens is 1. The summed E-state index contributed by atoms with van der Waals surface area (Å²) in [5.74, 6) is 0. The Morgan fingerprint density at radius 2 is 1.00 bits per heavy atom. The Labute approximate surface area is 165 Å². The van der Waals surface area contributed by atoms with Crippen molar-refractivity contribution in [3.05, 3.63) is 101 Å². The largest absolute Gasteiger partial charge is 0.215 e. The summed E-state index contributed by atoms with van der Waals surface area (Å²) >= 11 is 0. The molecule has 0 bridgehead atoms. The maximum atomic E-state index is 3.91. The third kappa shape index (κ3) is 2.29. The van der Waals surface area contributed by atoms with E-state index in [4.69, 9.17) is 0 Å². The van der Waals surface area contributed by atoms with Crippen LogP contribution in [-0.2, 0) is 25.7 Å². The van der Waals surface area contributed by atoms with Gasteiger partial charge in [0.15, 0.2) is 0 Å². The second-order valence-electron chi connectivity index (χ2n) is 7.89. The van der Waals surface area contributed by atoms with Gasteiger partial charge in [0.2, 0.25) is 11.4 Å². The number of benzene rings is 3. The molecule has 0 amide bonds. The van der Waals surface area contributed by atoms with Crippen LogP contribution in [0.4, 0.5) is 0 Å². The number of aromatic nitrogens is 1. The van der Waals surface area contributed by atoms with Gasteiger partial charge in [0.25, 0.3) is 0 Å². The van der Waals surface area contributed by atoms with E-state index in [1.54, 1.807) is 0 Å². The highest BCUT2D eigenvalue weighted by Gasteiger charge is 2.33. The highest BCUT2D eigenvalue weighted by atomic mass is 14.7. The molecule has 0 saturated carbocycles. The Morgan fingerprint density at radius 1 is 0.500 bits per heavy atom. The number of nitrogens with one attached hydrogen (secondary N) is 1. The van der Waals surface area contributed by atoms with Crippen molar-refractivity contribution in [1.82, 2.24) is 0 Å². The van der Waals surface area contributed by atoms with Crippen molar-refractivity contribution < 1.29 is 4.98 Å². The van der Waals surface area contributed by atoms with Crippen LogP contribution in [0.15, 0.2) is 78.9 Å². The van der Waals surface area contributed by atoms with E-state index in [9.17, 15) is 0 Å². The lowest BCUT2D eigenvalue weighted by Crippen LogP contribution is -2.24. The maximum Gasteiger partial charge on any atom is 0.215 e. The van der Waals surface area contributed by atoms with Crippen LogP contribution in [0.2, 0.25) is 0 Å². The van der Waals surface area contributed by atoms with Gasteiger partial charge in [0, 0.05) is 27.8 Å². The van der Waals surface area contributed by atoms with E-state index < -0.39 is 0 Å².